The summed E-state index contributed by atoms with van der Waals surface area (Å²) >= 11 is 5.77. The van der Waals surface area contributed by atoms with E-state index < -0.39 is 5.82 Å². The smallest absolute Gasteiger partial charge is 0.160 e. The molecule has 1 N–H and O–H groups in total. The molecule has 0 spiro atoms. The van der Waals surface area contributed by atoms with E-state index in [-0.39, 0.29) is 5.75 Å². The van der Waals surface area contributed by atoms with Gasteiger partial charge in [-0.3, -0.25) is 0 Å². The maximum atomic E-state index is 13.2. The first-order valence-corrected chi connectivity index (χ1v) is 5.31. The summed E-state index contributed by atoms with van der Waals surface area (Å²) in [6.07, 6.45) is 0. The normalized spacial score (nSPS) is 10.3. The highest BCUT2D eigenvalue weighted by Crippen LogP contribution is 2.32. The van der Waals surface area contributed by atoms with Gasteiger partial charge in [-0.25, -0.2) is 4.39 Å². The zero-order valence-electron chi connectivity index (χ0n) is 9.08. The van der Waals surface area contributed by atoms with E-state index in [4.69, 9.17) is 16.3 Å². The molecule has 17 heavy (non-hydrogen) atoms. The van der Waals surface area contributed by atoms with E-state index in [9.17, 15) is 9.50 Å². The molecule has 0 aliphatic carbocycles. The Morgan fingerprint density at radius 2 is 1.88 bits per heavy atom. The average molecular weight is 253 g/mol. The molecular weight excluding hydrogens is 243 g/mol. The Balaban J connectivity index is 2.49. The largest absolute Gasteiger partial charge is 0.504 e. The molecule has 2 nitrogen and oxygen atoms in total. The van der Waals surface area contributed by atoms with E-state index in [0.29, 0.717) is 21.9 Å². The number of phenolic OH excluding ortho intramolecular Hbond substituents is 1. The first-order chi connectivity index (χ1) is 8.10. The van der Waals surface area contributed by atoms with E-state index in [0.717, 1.165) is 0 Å². The van der Waals surface area contributed by atoms with Gasteiger partial charge in [-0.15, -0.1) is 0 Å². The molecule has 2 aromatic rings. The minimum atomic E-state index is -0.414. The van der Waals surface area contributed by atoms with Crippen LogP contribution in [0.3, 0.4) is 0 Å². The van der Waals surface area contributed by atoms with Crippen molar-refractivity contribution in [2.75, 3.05) is 7.11 Å². The zero-order chi connectivity index (χ0) is 12.4. The Morgan fingerprint density at radius 3 is 2.47 bits per heavy atom. The molecule has 2 rings (SSSR count). The monoisotopic (exact) mass is 252 g/mol. The van der Waals surface area contributed by atoms with Crippen molar-refractivity contribution in [1.29, 1.82) is 0 Å². The van der Waals surface area contributed by atoms with Crippen molar-refractivity contribution in [3.63, 3.8) is 0 Å². The fourth-order valence-corrected chi connectivity index (χ4v) is 1.81. The highest BCUT2D eigenvalue weighted by Gasteiger charge is 2.06. The summed E-state index contributed by atoms with van der Waals surface area (Å²) in [5.74, 6) is -0.0376. The molecule has 0 radical (unpaired) electrons. The fourth-order valence-electron chi connectivity index (χ4n) is 1.59. The minimum absolute atomic E-state index is 0.00498. The topological polar surface area (TPSA) is 29.5 Å². The number of ether oxygens (including phenoxy) is 1. The lowest BCUT2D eigenvalue weighted by Gasteiger charge is -2.07. The van der Waals surface area contributed by atoms with Crippen LogP contribution >= 0.6 is 11.6 Å². The standard InChI is InChI=1S/C13H10ClFO2/c1-17-13-3-2-8(6-12(13)16)9-4-10(14)7-11(15)5-9/h2-7,16H,1H3. The van der Waals surface area contributed by atoms with Gasteiger partial charge >= 0.3 is 0 Å². The maximum Gasteiger partial charge on any atom is 0.160 e. The Hall–Kier alpha value is -1.74. The van der Waals surface area contributed by atoms with Crippen molar-refractivity contribution in [2.24, 2.45) is 0 Å². The van der Waals surface area contributed by atoms with Crippen molar-refractivity contribution < 1.29 is 14.2 Å². The highest BCUT2D eigenvalue weighted by atomic mass is 35.5. The lowest BCUT2D eigenvalue weighted by atomic mass is 10.1. The molecular formula is C13H10ClFO2. The van der Waals surface area contributed by atoms with Crippen LogP contribution < -0.4 is 4.74 Å². The molecule has 0 aliphatic rings. The lowest BCUT2D eigenvalue weighted by molar-refractivity contribution is 0.373. The van der Waals surface area contributed by atoms with Crippen LogP contribution in [-0.4, -0.2) is 12.2 Å². The second-order valence-electron chi connectivity index (χ2n) is 3.54. The number of hydrogen-bond donors (Lipinski definition) is 1. The molecule has 0 atom stereocenters. The van der Waals surface area contributed by atoms with Gasteiger partial charge in [0, 0.05) is 5.02 Å². The third kappa shape index (κ3) is 2.50. The third-order valence-electron chi connectivity index (χ3n) is 2.37. The highest BCUT2D eigenvalue weighted by molar-refractivity contribution is 6.30. The summed E-state index contributed by atoms with van der Waals surface area (Å²) in [7, 11) is 1.47. The van der Waals surface area contributed by atoms with E-state index in [1.165, 1.54) is 25.3 Å². The Labute approximate surface area is 103 Å². The van der Waals surface area contributed by atoms with Gasteiger partial charge in [0.25, 0.3) is 0 Å². The summed E-state index contributed by atoms with van der Waals surface area (Å²) in [5, 5.41) is 9.95. The number of phenols is 1. The van der Waals surface area contributed by atoms with Crippen LogP contribution in [0.5, 0.6) is 11.5 Å². The molecule has 0 bridgehead atoms. The van der Waals surface area contributed by atoms with Gasteiger partial charge in [-0.05, 0) is 41.5 Å². The van der Waals surface area contributed by atoms with Gasteiger partial charge in [-0.2, -0.15) is 0 Å². The summed E-state index contributed by atoms with van der Waals surface area (Å²) in [4.78, 5) is 0. The van der Waals surface area contributed by atoms with Crippen molar-refractivity contribution >= 4 is 11.6 Å². The number of methoxy groups -OCH3 is 1. The van der Waals surface area contributed by atoms with E-state index >= 15 is 0 Å². The SMILES string of the molecule is COc1ccc(-c2cc(F)cc(Cl)c2)cc1O. The van der Waals surface area contributed by atoms with Gasteiger partial charge in [-0.1, -0.05) is 17.7 Å². The molecule has 0 saturated heterocycles. The minimum Gasteiger partial charge on any atom is -0.504 e. The summed E-state index contributed by atoms with van der Waals surface area (Å²) in [6, 6.07) is 9.06. The molecule has 0 amide bonds. The Bertz CT molecular complexity index is 535. The number of aromatic hydroxyl groups is 1. The molecule has 0 unspecified atom stereocenters. The quantitative estimate of drug-likeness (QED) is 0.879. The number of hydrogen-bond acceptors (Lipinski definition) is 2. The molecule has 2 aromatic carbocycles. The van der Waals surface area contributed by atoms with Crippen LogP contribution in [0.2, 0.25) is 5.02 Å². The van der Waals surface area contributed by atoms with Gasteiger partial charge in [0.2, 0.25) is 0 Å². The predicted octanol–water partition coefficient (Wildman–Crippen LogP) is 3.86. The molecule has 0 saturated carbocycles. The zero-order valence-corrected chi connectivity index (χ0v) is 9.83. The molecule has 0 fully saturated rings. The van der Waals surface area contributed by atoms with Gasteiger partial charge in [0.05, 0.1) is 7.11 Å². The number of halogens is 2. The van der Waals surface area contributed by atoms with Crippen LogP contribution in [0.15, 0.2) is 36.4 Å². The van der Waals surface area contributed by atoms with Crippen LogP contribution in [0, 0.1) is 5.82 Å². The van der Waals surface area contributed by atoms with Crippen LogP contribution in [-0.2, 0) is 0 Å². The molecule has 0 heterocycles. The van der Waals surface area contributed by atoms with Crippen molar-refractivity contribution in [1.82, 2.24) is 0 Å². The van der Waals surface area contributed by atoms with Crippen LogP contribution in [0.4, 0.5) is 4.39 Å². The molecule has 4 heteroatoms. The Morgan fingerprint density at radius 1 is 1.12 bits per heavy atom. The van der Waals surface area contributed by atoms with Crippen molar-refractivity contribution in [3.05, 3.63) is 47.2 Å². The lowest BCUT2D eigenvalue weighted by Crippen LogP contribution is -1.85. The van der Waals surface area contributed by atoms with E-state index in [2.05, 4.69) is 0 Å². The summed E-state index contributed by atoms with van der Waals surface area (Å²) in [6.45, 7) is 0. The Kier molecular flexibility index (Phi) is 3.20. The number of benzene rings is 2. The van der Waals surface area contributed by atoms with E-state index in [1.54, 1.807) is 18.2 Å². The fraction of sp³-hybridized carbons (Fsp3) is 0.0769. The average Bonchev–Trinajstić information content (AvgIpc) is 2.27. The second kappa shape index (κ2) is 4.63. The van der Waals surface area contributed by atoms with Crippen LogP contribution in [0.25, 0.3) is 11.1 Å². The molecule has 0 aliphatic heterocycles. The summed E-state index contributed by atoms with van der Waals surface area (Å²) in [5.41, 5.74) is 1.28. The van der Waals surface area contributed by atoms with Crippen molar-refractivity contribution in [2.45, 2.75) is 0 Å². The van der Waals surface area contributed by atoms with Crippen LogP contribution in [0.1, 0.15) is 0 Å². The van der Waals surface area contributed by atoms with Crippen molar-refractivity contribution in [3.8, 4) is 22.6 Å². The van der Waals surface area contributed by atoms with Gasteiger partial charge in [0.1, 0.15) is 5.82 Å². The predicted molar refractivity (Wildman–Crippen MR) is 65.1 cm³/mol. The first-order valence-electron chi connectivity index (χ1n) is 4.93. The maximum absolute atomic E-state index is 13.2. The summed E-state index contributed by atoms with van der Waals surface area (Å²) < 4.78 is 18.1. The van der Waals surface area contributed by atoms with Gasteiger partial charge < -0.3 is 9.84 Å². The molecule has 88 valence electrons. The first kappa shape index (κ1) is 11.7. The molecule has 0 aromatic heterocycles. The third-order valence-corrected chi connectivity index (χ3v) is 2.59. The van der Waals surface area contributed by atoms with E-state index in [1.807, 2.05) is 0 Å². The number of rotatable bonds is 2. The van der Waals surface area contributed by atoms with Gasteiger partial charge in [0.15, 0.2) is 11.5 Å². The second-order valence-corrected chi connectivity index (χ2v) is 3.98.